The lowest BCUT2D eigenvalue weighted by Crippen LogP contribution is -2.23. The van der Waals surface area contributed by atoms with Crippen molar-refractivity contribution in [1.29, 1.82) is 0 Å². The third kappa shape index (κ3) is 6.88. The van der Waals surface area contributed by atoms with Crippen molar-refractivity contribution >= 4 is 12.4 Å². The van der Waals surface area contributed by atoms with Crippen LogP contribution in [0.2, 0.25) is 0 Å². The number of nitrogens with zero attached hydrogens (tertiary/aromatic N) is 1. The maximum Gasteiger partial charge on any atom is 0.266 e. The maximum atomic E-state index is 11.2. The third-order valence-electron chi connectivity index (χ3n) is 0.672. The molecule has 1 N–H and O–H groups in total. The van der Waals surface area contributed by atoms with Gasteiger partial charge in [-0.3, -0.25) is 4.79 Å². The van der Waals surface area contributed by atoms with Crippen LogP contribution in [-0.4, -0.2) is 32.9 Å². The Hall–Kier alpha value is -1.01. The monoisotopic (exact) mass is 164 g/mol. The average Bonchev–Trinajstić information content (AvgIpc) is 2.01. The molecule has 6 heteroatoms. The normalized spacial score (nSPS) is 10.4. The second kappa shape index (κ2) is 7.10. The molecule has 0 fully saturated rings. The van der Waals surface area contributed by atoms with E-state index in [1.54, 1.807) is 0 Å². The van der Waals surface area contributed by atoms with Gasteiger partial charge in [0.1, 0.15) is 13.4 Å². The first-order chi connectivity index (χ1) is 5.31. The van der Waals surface area contributed by atoms with Crippen molar-refractivity contribution in [3.05, 3.63) is 0 Å². The van der Waals surface area contributed by atoms with Crippen LogP contribution in [0.3, 0.4) is 0 Å². The first-order valence-corrected chi connectivity index (χ1v) is 2.78. The van der Waals surface area contributed by atoms with Crippen molar-refractivity contribution in [3.63, 3.8) is 0 Å². The Kier molecular flexibility index (Phi) is 6.45. The zero-order valence-electron chi connectivity index (χ0n) is 6.04. The van der Waals surface area contributed by atoms with Crippen molar-refractivity contribution in [1.82, 2.24) is 5.43 Å². The Morgan fingerprint density at radius 3 is 3.09 bits per heavy atom. The summed E-state index contributed by atoms with van der Waals surface area (Å²) in [7, 11) is 1.43. The predicted molar refractivity (Wildman–Crippen MR) is 35.6 cm³/mol. The van der Waals surface area contributed by atoms with E-state index in [9.17, 15) is 9.18 Å². The van der Waals surface area contributed by atoms with E-state index in [0.29, 0.717) is 0 Å². The first-order valence-electron chi connectivity index (χ1n) is 2.78. The minimum Gasteiger partial charge on any atom is -0.359 e. The van der Waals surface area contributed by atoms with Crippen molar-refractivity contribution < 1.29 is 18.7 Å². The van der Waals surface area contributed by atoms with E-state index in [-0.39, 0.29) is 19.9 Å². The van der Waals surface area contributed by atoms with Gasteiger partial charge in [0.05, 0.1) is 0 Å². The molecule has 11 heavy (non-hydrogen) atoms. The number of carbonyl (C=O) groups is 1. The quantitative estimate of drug-likeness (QED) is 0.261. The largest absolute Gasteiger partial charge is 0.359 e. The van der Waals surface area contributed by atoms with E-state index in [4.69, 9.17) is 0 Å². The van der Waals surface area contributed by atoms with Crippen molar-refractivity contribution in [3.8, 4) is 0 Å². The van der Waals surface area contributed by atoms with E-state index in [0.717, 1.165) is 0 Å². The lowest BCUT2D eigenvalue weighted by molar-refractivity contribution is -0.130. The van der Waals surface area contributed by atoms with Crippen LogP contribution in [0.1, 0.15) is 0 Å². The molecular weight excluding hydrogens is 155 g/mol. The van der Waals surface area contributed by atoms with Crippen LogP contribution in [0.15, 0.2) is 5.10 Å². The molecule has 0 atom stereocenters. The molecule has 1 amide bonds. The minimum atomic E-state index is -0.532. The molecule has 0 aromatic heterocycles. The summed E-state index contributed by atoms with van der Waals surface area (Å²) in [5.41, 5.74) is 1.87. The maximum absolute atomic E-state index is 11.2. The number of amides is 1. The van der Waals surface area contributed by atoms with Crippen LogP contribution >= 0.6 is 0 Å². The molecule has 0 heterocycles. The van der Waals surface area contributed by atoms with Gasteiger partial charge in [-0.1, -0.05) is 0 Å². The molecule has 0 aromatic carbocycles. The summed E-state index contributed by atoms with van der Waals surface area (Å²) in [4.78, 5) is 10.5. The Labute approximate surface area is 63.2 Å². The van der Waals surface area contributed by atoms with Gasteiger partial charge in [0.25, 0.3) is 5.91 Å². The highest BCUT2D eigenvalue weighted by atomic mass is 19.1. The van der Waals surface area contributed by atoms with Gasteiger partial charge < -0.3 is 9.47 Å². The molecule has 0 aromatic rings. The predicted octanol–water partition coefficient (Wildman–Crippen LogP) is -0.364. The molecule has 0 aliphatic carbocycles. The zero-order valence-corrected chi connectivity index (χ0v) is 6.04. The number of halogens is 1. The molecule has 0 radical (unpaired) electrons. The van der Waals surface area contributed by atoms with Gasteiger partial charge in [0.2, 0.25) is 0 Å². The highest BCUT2D eigenvalue weighted by Gasteiger charge is 1.97. The van der Waals surface area contributed by atoms with E-state index in [1.807, 2.05) is 5.43 Å². The van der Waals surface area contributed by atoms with Gasteiger partial charge in [0, 0.05) is 7.11 Å². The molecular formula is C5H9FN2O3. The van der Waals surface area contributed by atoms with Crippen LogP contribution in [0.25, 0.3) is 0 Å². The Morgan fingerprint density at radius 1 is 1.82 bits per heavy atom. The number of nitrogens with one attached hydrogen (secondary N) is 1. The molecule has 0 spiro atoms. The highest BCUT2D eigenvalue weighted by molar-refractivity contribution is 5.77. The molecule has 0 rings (SSSR count). The van der Waals surface area contributed by atoms with Gasteiger partial charge in [-0.05, 0) is 0 Å². The lowest BCUT2D eigenvalue weighted by Gasteiger charge is -1.99. The second-order valence-corrected chi connectivity index (χ2v) is 1.52. The Morgan fingerprint density at radius 2 is 2.55 bits per heavy atom. The fourth-order valence-corrected chi connectivity index (χ4v) is 0.346. The van der Waals surface area contributed by atoms with Crippen LogP contribution in [-0.2, 0) is 14.3 Å². The number of carbonyl (C=O) groups excluding carboxylic acids is 1. The molecule has 0 saturated carbocycles. The van der Waals surface area contributed by atoms with Crippen LogP contribution < -0.4 is 5.43 Å². The van der Waals surface area contributed by atoms with Crippen LogP contribution in [0, 0.1) is 0 Å². The molecule has 64 valence electrons. The van der Waals surface area contributed by atoms with Gasteiger partial charge in [-0.2, -0.15) is 9.49 Å². The second-order valence-electron chi connectivity index (χ2n) is 1.52. The number of methoxy groups -OCH3 is 1. The molecule has 0 unspecified atom stereocenters. The SMILES string of the molecule is COCOCC(=O)NN=CF. The summed E-state index contributed by atoms with van der Waals surface area (Å²) in [6.07, 6.45) is 0. The lowest BCUT2D eigenvalue weighted by atomic mass is 10.7. The van der Waals surface area contributed by atoms with E-state index in [2.05, 4.69) is 14.6 Å². The molecule has 0 saturated heterocycles. The summed E-state index contributed by atoms with van der Waals surface area (Å²) in [5.74, 6) is -0.532. The standard InChI is InChI=1S/C5H9FN2O3/c1-10-4-11-2-5(9)8-7-3-6/h3H,2,4H2,1H3,(H,8,9). The Bertz CT molecular complexity index is 140. The molecule has 0 bridgehead atoms. The van der Waals surface area contributed by atoms with Crippen LogP contribution in [0.5, 0.6) is 0 Å². The minimum absolute atomic E-state index is 0.0196. The molecule has 0 aliphatic rings. The fraction of sp³-hybridized carbons (Fsp3) is 0.600. The first kappa shape index (κ1) is 9.99. The number of ether oxygens (including phenoxy) is 2. The number of hydrazone groups is 1. The smallest absolute Gasteiger partial charge is 0.266 e. The molecule has 0 aliphatic heterocycles. The average molecular weight is 164 g/mol. The fourth-order valence-electron chi connectivity index (χ4n) is 0.346. The third-order valence-corrected chi connectivity index (χ3v) is 0.672. The van der Waals surface area contributed by atoms with E-state index < -0.39 is 5.91 Å². The number of rotatable bonds is 5. The molecule has 5 nitrogen and oxygen atoms in total. The summed E-state index contributed by atoms with van der Waals surface area (Å²) in [6.45, 7) is -0.202. The van der Waals surface area contributed by atoms with Crippen molar-refractivity contribution in [2.45, 2.75) is 0 Å². The van der Waals surface area contributed by atoms with Gasteiger partial charge in [-0.15, -0.1) is 0 Å². The Balaban J connectivity index is 3.23. The zero-order chi connectivity index (χ0) is 8.53. The van der Waals surface area contributed by atoms with Gasteiger partial charge in [-0.25, -0.2) is 5.43 Å². The summed E-state index contributed by atoms with van der Waals surface area (Å²) in [5, 5.41) is 2.84. The van der Waals surface area contributed by atoms with E-state index in [1.165, 1.54) is 7.11 Å². The summed E-state index contributed by atoms with van der Waals surface area (Å²) in [6, 6.07) is 0. The van der Waals surface area contributed by atoms with Gasteiger partial charge in [0.15, 0.2) is 6.47 Å². The summed E-state index contributed by atoms with van der Waals surface area (Å²) >= 11 is 0. The summed E-state index contributed by atoms with van der Waals surface area (Å²) < 4.78 is 20.3. The van der Waals surface area contributed by atoms with Gasteiger partial charge >= 0.3 is 0 Å². The highest BCUT2D eigenvalue weighted by Crippen LogP contribution is 1.74. The number of hydrogen-bond acceptors (Lipinski definition) is 4. The van der Waals surface area contributed by atoms with E-state index >= 15 is 0 Å². The van der Waals surface area contributed by atoms with Crippen molar-refractivity contribution in [2.75, 3.05) is 20.5 Å². The van der Waals surface area contributed by atoms with Crippen molar-refractivity contribution in [2.24, 2.45) is 5.10 Å². The number of hydrogen-bond donors (Lipinski definition) is 1. The van der Waals surface area contributed by atoms with Crippen LogP contribution in [0.4, 0.5) is 4.39 Å². The topological polar surface area (TPSA) is 59.9 Å².